The first kappa shape index (κ1) is 19.1. The van der Waals surface area contributed by atoms with Crippen molar-refractivity contribution in [3.05, 3.63) is 96.6 Å². The summed E-state index contributed by atoms with van der Waals surface area (Å²) in [6, 6.07) is 20.3. The Labute approximate surface area is 172 Å². The topological polar surface area (TPSA) is 97.1 Å². The molecular weight excluding hydrogens is 380 g/mol. The van der Waals surface area contributed by atoms with E-state index in [4.69, 9.17) is 5.11 Å². The van der Waals surface area contributed by atoms with E-state index in [0.717, 1.165) is 16.8 Å². The number of carboxylic acid groups (broad SMARTS) is 1. The van der Waals surface area contributed by atoms with Gasteiger partial charge in [-0.25, -0.2) is 4.98 Å². The number of aromatic nitrogens is 3. The van der Waals surface area contributed by atoms with Gasteiger partial charge in [0.1, 0.15) is 0 Å². The first-order valence-corrected chi connectivity index (χ1v) is 9.27. The van der Waals surface area contributed by atoms with E-state index in [2.05, 4.69) is 15.3 Å². The van der Waals surface area contributed by atoms with Crippen LogP contribution < -0.4 is 5.32 Å². The molecule has 7 nitrogen and oxygen atoms in total. The van der Waals surface area contributed by atoms with Crippen molar-refractivity contribution >= 4 is 17.8 Å². The molecule has 0 aliphatic carbocycles. The SMILES string of the molecule is O=C(O)Cc1cn(-c2ccccc2)c(NC(=O)c2cccc(-c3ccncc3)c2)n1. The summed E-state index contributed by atoms with van der Waals surface area (Å²) in [5, 5.41) is 11.9. The van der Waals surface area contributed by atoms with Gasteiger partial charge in [-0.05, 0) is 47.5 Å². The van der Waals surface area contributed by atoms with Crippen LogP contribution in [0.2, 0.25) is 0 Å². The smallest absolute Gasteiger partial charge is 0.309 e. The Balaban J connectivity index is 1.65. The van der Waals surface area contributed by atoms with E-state index in [1.165, 1.54) is 0 Å². The van der Waals surface area contributed by atoms with Gasteiger partial charge >= 0.3 is 5.97 Å². The lowest BCUT2D eigenvalue weighted by molar-refractivity contribution is -0.136. The van der Waals surface area contributed by atoms with Gasteiger partial charge in [0.2, 0.25) is 5.95 Å². The molecule has 4 rings (SSSR count). The monoisotopic (exact) mass is 398 g/mol. The van der Waals surface area contributed by atoms with Crippen LogP contribution in [0.25, 0.3) is 16.8 Å². The van der Waals surface area contributed by atoms with Crippen LogP contribution in [0.4, 0.5) is 5.95 Å². The standard InChI is InChI=1S/C23H18N4O3/c28-21(29)14-19-15-27(20-7-2-1-3-8-20)23(25-19)26-22(30)18-6-4-5-17(13-18)16-9-11-24-12-10-16/h1-13,15H,14H2,(H,28,29)(H,25,26,30). The largest absolute Gasteiger partial charge is 0.481 e. The molecular formula is C23H18N4O3. The number of rotatable bonds is 6. The van der Waals surface area contributed by atoms with Gasteiger partial charge in [0.05, 0.1) is 12.1 Å². The minimum atomic E-state index is -0.990. The van der Waals surface area contributed by atoms with E-state index in [9.17, 15) is 9.59 Å². The van der Waals surface area contributed by atoms with Crippen molar-refractivity contribution in [1.29, 1.82) is 0 Å². The van der Waals surface area contributed by atoms with E-state index in [0.29, 0.717) is 11.3 Å². The number of carboxylic acids is 1. The van der Waals surface area contributed by atoms with Crippen LogP contribution in [0, 0.1) is 0 Å². The zero-order chi connectivity index (χ0) is 20.9. The second-order valence-corrected chi connectivity index (χ2v) is 6.60. The summed E-state index contributed by atoms with van der Waals surface area (Å²) in [4.78, 5) is 32.3. The summed E-state index contributed by atoms with van der Waals surface area (Å²) in [5.41, 5.74) is 3.43. The molecule has 2 aromatic heterocycles. The normalized spacial score (nSPS) is 10.5. The van der Waals surface area contributed by atoms with Gasteiger partial charge in [-0.15, -0.1) is 0 Å². The molecule has 1 amide bonds. The number of nitrogens with zero attached hydrogens (tertiary/aromatic N) is 3. The van der Waals surface area contributed by atoms with Gasteiger partial charge in [-0.2, -0.15) is 0 Å². The lowest BCUT2D eigenvalue weighted by Crippen LogP contribution is -2.15. The predicted octanol–water partition coefficient (Wildman–Crippen LogP) is 3.81. The van der Waals surface area contributed by atoms with E-state index in [1.807, 2.05) is 54.6 Å². The minimum absolute atomic E-state index is 0.236. The molecule has 0 saturated carbocycles. The van der Waals surface area contributed by atoms with Gasteiger partial charge in [0, 0.05) is 29.8 Å². The number of hydrogen-bond acceptors (Lipinski definition) is 4. The lowest BCUT2D eigenvalue weighted by atomic mass is 10.0. The molecule has 30 heavy (non-hydrogen) atoms. The number of hydrogen-bond donors (Lipinski definition) is 2. The molecule has 2 aromatic carbocycles. The fourth-order valence-electron chi connectivity index (χ4n) is 3.10. The zero-order valence-electron chi connectivity index (χ0n) is 15.9. The number of pyridine rings is 1. The number of amides is 1. The highest BCUT2D eigenvalue weighted by Gasteiger charge is 2.16. The van der Waals surface area contributed by atoms with Gasteiger partial charge in [0.25, 0.3) is 5.91 Å². The minimum Gasteiger partial charge on any atom is -0.481 e. The van der Waals surface area contributed by atoms with Crippen LogP contribution in [0.5, 0.6) is 0 Å². The quantitative estimate of drug-likeness (QED) is 0.515. The summed E-state index contributed by atoms with van der Waals surface area (Å²) in [5.74, 6) is -1.07. The highest BCUT2D eigenvalue weighted by molar-refractivity contribution is 6.04. The average molecular weight is 398 g/mol. The summed E-state index contributed by atoms with van der Waals surface area (Å²) >= 11 is 0. The number of aliphatic carboxylic acids is 1. The highest BCUT2D eigenvalue weighted by atomic mass is 16.4. The van der Waals surface area contributed by atoms with Crippen molar-refractivity contribution in [3.8, 4) is 16.8 Å². The number of anilines is 1. The summed E-state index contributed by atoms with van der Waals surface area (Å²) in [6.07, 6.45) is 4.78. The maximum atomic E-state index is 12.9. The highest BCUT2D eigenvalue weighted by Crippen LogP contribution is 2.21. The van der Waals surface area contributed by atoms with E-state index < -0.39 is 5.97 Å². The second-order valence-electron chi connectivity index (χ2n) is 6.60. The molecule has 0 spiro atoms. The Kier molecular flexibility index (Phi) is 5.34. The van der Waals surface area contributed by atoms with Crippen molar-refractivity contribution in [3.63, 3.8) is 0 Å². The molecule has 0 saturated heterocycles. The number of para-hydroxylation sites is 1. The van der Waals surface area contributed by atoms with Gasteiger partial charge in [-0.1, -0.05) is 30.3 Å². The van der Waals surface area contributed by atoms with Crippen molar-refractivity contribution in [1.82, 2.24) is 14.5 Å². The number of carbonyl (C=O) groups excluding carboxylic acids is 1. The summed E-state index contributed by atoms with van der Waals surface area (Å²) in [7, 11) is 0. The lowest BCUT2D eigenvalue weighted by Gasteiger charge is -2.10. The number of imidazole rings is 1. The molecule has 4 aromatic rings. The molecule has 2 heterocycles. The van der Waals surface area contributed by atoms with Crippen LogP contribution in [-0.2, 0) is 11.2 Å². The summed E-state index contributed by atoms with van der Waals surface area (Å²) in [6.45, 7) is 0. The van der Waals surface area contributed by atoms with E-state index in [-0.39, 0.29) is 18.3 Å². The van der Waals surface area contributed by atoms with Crippen molar-refractivity contribution in [2.24, 2.45) is 0 Å². The molecule has 0 aliphatic rings. The predicted molar refractivity (Wildman–Crippen MR) is 113 cm³/mol. The Morgan fingerprint density at radius 1 is 0.933 bits per heavy atom. The molecule has 0 radical (unpaired) electrons. The van der Waals surface area contributed by atoms with E-state index in [1.54, 1.807) is 35.3 Å². The first-order chi connectivity index (χ1) is 14.6. The van der Waals surface area contributed by atoms with E-state index >= 15 is 0 Å². The average Bonchev–Trinajstić information content (AvgIpc) is 3.16. The molecule has 0 fully saturated rings. The van der Waals surface area contributed by atoms with Crippen LogP contribution in [0.1, 0.15) is 16.1 Å². The summed E-state index contributed by atoms with van der Waals surface area (Å²) < 4.78 is 1.67. The molecule has 0 unspecified atom stereocenters. The number of nitrogens with one attached hydrogen (secondary N) is 1. The zero-order valence-corrected chi connectivity index (χ0v) is 15.9. The Hall–Kier alpha value is -4.26. The molecule has 7 heteroatoms. The second kappa shape index (κ2) is 8.40. The maximum absolute atomic E-state index is 12.9. The number of carbonyl (C=O) groups is 2. The maximum Gasteiger partial charge on any atom is 0.309 e. The Morgan fingerprint density at radius 2 is 1.70 bits per heavy atom. The van der Waals surface area contributed by atoms with Crippen molar-refractivity contribution in [2.75, 3.05) is 5.32 Å². The molecule has 2 N–H and O–H groups in total. The van der Waals surface area contributed by atoms with Crippen molar-refractivity contribution < 1.29 is 14.7 Å². The molecule has 0 bridgehead atoms. The Morgan fingerprint density at radius 3 is 2.43 bits per heavy atom. The third-order valence-electron chi connectivity index (χ3n) is 4.49. The number of benzene rings is 2. The van der Waals surface area contributed by atoms with Gasteiger partial charge < -0.3 is 5.11 Å². The fraction of sp³-hybridized carbons (Fsp3) is 0.0435. The molecule has 148 valence electrons. The van der Waals surface area contributed by atoms with Crippen molar-refractivity contribution in [2.45, 2.75) is 6.42 Å². The molecule has 0 aliphatic heterocycles. The fourth-order valence-corrected chi connectivity index (χ4v) is 3.10. The van der Waals surface area contributed by atoms with Crippen LogP contribution in [-0.4, -0.2) is 31.5 Å². The Bertz CT molecular complexity index is 1190. The van der Waals surface area contributed by atoms with Gasteiger partial charge in [0.15, 0.2) is 0 Å². The van der Waals surface area contributed by atoms with Crippen LogP contribution >= 0.6 is 0 Å². The first-order valence-electron chi connectivity index (χ1n) is 9.27. The molecule has 0 atom stereocenters. The third-order valence-corrected chi connectivity index (χ3v) is 4.49. The van der Waals surface area contributed by atoms with Gasteiger partial charge in [-0.3, -0.25) is 24.5 Å². The van der Waals surface area contributed by atoms with Crippen LogP contribution in [0.15, 0.2) is 85.3 Å². The third kappa shape index (κ3) is 4.25. The van der Waals surface area contributed by atoms with Crippen LogP contribution in [0.3, 0.4) is 0 Å².